The second kappa shape index (κ2) is 10.8. The molecule has 2 aromatic carbocycles. The molecule has 180 valence electrons. The average molecular weight is 488 g/mol. The number of benzene rings is 2. The van der Waals surface area contributed by atoms with Gasteiger partial charge in [0, 0.05) is 39.4 Å². The number of Topliss-reactive ketones (excluding diaryl/α,β-unsaturated/α-hetero) is 2. The van der Waals surface area contributed by atoms with E-state index in [-0.39, 0.29) is 24.4 Å². The number of thiophene rings is 1. The van der Waals surface area contributed by atoms with Crippen LogP contribution in [-0.2, 0) is 6.42 Å². The maximum Gasteiger partial charge on any atom is 0.181 e. The van der Waals surface area contributed by atoms with Gasteiger partial charge in [0.15, 0.2) is 23.1 Å². The van der Waals surface area contributed by atoms with Crippen molar-refractivity contribution in [2.45, 2.75) is 39.5 Å². The minimum atomic E-state index is -0.131. The summed E-state index contributed by atoms with van der Waals surface area (Å²) in [7, 11) is 3.08. The normalized spacial score (nSPS) is 11.0. The van der Waals surface area contributed by atoms with Gasteiger partial charge in [-0.1, -0.05) is 31.5 Å². The van der Waals surface area contributed by atoms with E-state index in [2.05, 4.69) is 43.5 Å². The molecule has 0 unspecified atom stereocenters. The summed E-state index contributed by atoms with van der Waals surface area (Å²) in [6.07, 6.45) is 2.03. The van der Waals surface area contributed by atoms with E-state index in [9.17, 15) is 9.59 Å². The van der Waals surface area contributed by atoms with E-state index in [4.69, 9.17) is 14.5 Å². The number of nitrogens with zero attached hydrogens (tertiary/aromatic N) is 1. The Morgan fingerprint density at radius 3 is 2.46 bits per heavy atom. The van der Waals surface area contributed by atoms with E-state index in [1.807, 2.05) is 6.07 Å². The van der Waals surface area contributed by atoms with E-state index in [0.29, 0.717) is 22.8 Å². The van der Waals surface area contributed by atoms with Crippen LogP contribution in [0.5, 0.6) is 11.5 Å². The van der Waals surface area contributed by atoms with E-state index in [1.165, 1.54) is 17.4 Å². The van der Waals surface area contributed by atoms with Crippen LogP contribution in [0.3, 0.4) is 0 Å². The van der Waals surface area contributed by atoms with Gasteiger partial charge in [-0.05, 0) is 54.8 Å². The first-order valence-corrected chi connectivity index (χ1v) is 12.6. The number of methoxy groups -OCH3 is 2. The van der Waals surface area contributed by atoms with Crippen LogP contribution in [-0.4, -0.2) is 30.8 Å². The quantitative estimate of drug-likeness (QED) is 0.224. The lowest BCUT2D eigenvalue weighted by Crippen LogP contribution is -2.08. The minimum absolute atomic E-state index is 0.0959. The van der Waals surface area contributed by atoms with Crippen LogP contribution in [0.4, 0.5) is 0 Å². The molecule has 0 saturated carbocycles. The van der Waals surface area contributed by atoms with Crippen molar-refractivity contribution in [2.24, 2.45) is 0 Å². The predicted octanol–water partition coefficient (Wildman–Crippen LogP) is 7.09. The first-order chi connectivity index (χ1) is 16.9. The lowest BCUT2D eigenvalue weighted by Gasteiger charge is -2.10. The zero-order valence-electron chi connectivity index (χ0n) is 20.5. The Balaban J connectivity index is 1.58. The molecule has 4 rings (SSSR count). The van der Waals surface area contributed by atoms with Gasteiger partial charge in [0.25, 0.3) is 0 Å². The largest absolute Gasteiger partial charge is 0.493 e. The molecule has 0 saturated heterocycles. The number of aromatic nitrogens is 1. The number of fused-ring (bicyclic) bond motifs is 1. The molecule has 0 aliphatic rings. The lowest BCUT2D eigenvalue weighted by molar-refractivity contribution is 0.0915. The third kappa shape index (κ3) is 5.28. The fourth-order valence-corrected chi connectivity index (χ4v) is 5.25. The van der Waals surface area contributed by atoms with Gasteiger partial charge < -0.3 is 9.47 Å². The highest BCUT2D eigenvalue weighted by atomic mass is 32.1. The van der Waals surface area contributed by atoms with Gasteiger partial charge in [-0.3, -0.25) is 9.59 Å². The van der Waals surface area contributed by atoms with Crippen molar-refractivity contribution in [1.29, 1.82) is 0 Å². The Hall–Kier alpha value is -3.51. The summed E-state index contributed by atoms with van der Waals surface area (Å²) in [6, 6.07) is 15.2. The van der Waals surface area contributed by atoms with Gasteiger partial charge in [0.2, 0.25) is 0 Å². The van der Waals surface area contributed by atoms with Crippen LogP contribution in [0, 0.1) is 6.92 Å². The Bertz CT molecular complexity index is 1390. The number of carbonyl (C=O) groups excluding carboxylic acids is 2. The molecule has 0 aliphatic heterocycles. The third-order valence-electron chi connectivity index (χ3n) is 6.07. The molecule has 0 amide bonds. The van der Waals surface area contributed by atoms with Crippen LogP contribution in [0.15, 0.2) is 53.9 Å². The molecule has 0 spiro atoms. The standard InChI is InChI=1S/C29H29NO4S/c1-5-7-19-14-23(22-17-35-29-18(2)8-6-9-21(22)29)30-24(15-19)26(32)12-11-25(31)20-10-13-27(33-3)28(16-20)34-4/h6,8-10,13-17H,5,7,11-12H2,1-4H3. The number of hydrogen-bond donors (Lipinski definition) is 0. The second-order valence-corrected chi connectivity index (χ2v) is 9.39. The van der Waals surface area contributed by atoms with Crippen molar-refractivity contribution in [3.05, 3.63) is 76.3 Å². The molecule has 35 heavy (non-hydrogen) atoms. The van der Waals surface area contributed by atoms with Crippen molar-refractivity contribution in [2.75, 3.05) is 14.2 Å². The van der Waals surface area contributed by atoms with E-state index >= 15 is 0 Å². The van der Waals surface area contributed by atoms with E-state index < -0.39 is 0 Å². The third-order valence-corrected chi connectivity index (χ3v) is 7.20. The summed E-state index contributed by atoms with van der Waals surface area (Å²) in [5.41, 5.74) is 5.07. The number of ketones is 2. The Kier molecular flexibility index (Phi) is 7.61. The smallest absolute Gasteiger partial charge is 0.181 e. The number of carbonyl (C=O) groups is 2. The molecule has 0 aliphatic carbocycles. The van der Waals surface area contributed by atoms with Gasteiger partial charge >= 0.3 is 0 Å². The molecule has 6 heteroatoms. The molecule has 0 bridgehead atoms. The van der Waals surface area contributed by atoms with Crippen LogP contribution in [0.2, 0.25) is 0 Å². The monoisotopic (exact) mass is 487 g/mol. The summed E-state index contributed by atoms with van der Waals surface area (Å²) in [5.74, 6) is 0.791. The summed E-state index contributed by atoms with van der Waals surface area (Å²) in [5, 5.41) is 3.27. The highest BCUT2D eigenvalue weighted by Crippen LogP contribution is 2.35. The average Bonchev–Trinajstić information content (AvgIpc) is 3.32. The maximum atomic E-state index is 13.1. The van der Waals surface area contributed by atoms with Crippen molar-refractivity contribution in [3.63, 3.8) is 0 Å². The topological polar surface area (TPSA) is 65.5 Å². The summed E-state index contributed by atoms with van der Waals surface area (Å²) < 4.78 is 11.8. The molecule has 0 fully saturated rings. The molecule has 2 heterocycles. The van der Waals surface area contributed by atoms with Crippen LogP contribution >= 0.6 is 11.3 Å². The number of aryl methyl sites for hydroxylation is 2. The first-order valence-electron chi connectivity index (χ1n) is 11.7. The van der Waals surface area contributed by atoms with Gasteiger partial charge in [-0.25, -0.2) is 4.98 Å². The van der Waals surface area contributed by atoms with Crippen molar-refractivity contribution < 1.29 is 19.1 Å². The zero-order valence-corrected chi connectivity index (χ0v) is 21.3. The molecule has 0 N–H and O–H groups in total. The number of rotatable bonds is 10. The molecule has 0 atom stereocenters. The highest BCUT2D eigenvalue weighted by Gasteiger charge is 2.17. The van der Waals surface area contributed by atoms with Gasteiger partial charge in [-0.15, -0.1) is 11.3 Å². The van der Waals surface area contributed by atoms with Gasteiger partial charge in [0.1, 0.15) is 5.69 Å². The SMILES string of the molecule is CCCc1cc(C(=O)CCC(=O)c2ccc(OC)c(OC)c2)nc(-c2csc3c(C)cccc23)c1. The molecule has 2 aromatic heterocycles. The lowest BCUT2D eigenvalue weighted by atomic mass is 10.00. The van der Waals surface area contributed by atoms with Crippen LogP contribution in [0.1, 0.15) is 58.2 Å². The summed E-state index contributed by atoms with van der Waals surface area (Å²) in [6.45, 7) is 4.22. The van der Waals surface area contributed by atoms with E-state index in [1.54, 1.807) is 36.6 Å². The van der Waals surface area contributed by atoms with Crippen molar-refractivity contribution >= 4 is 33.0 Å². The Morgan fingerprint density at radius 1 is 0.943 bits per heavy atom. The van der Waals surface area contributed by atoms with Crippen LogP contribution < -0.4 is 9.47 Å². The van der Waals surface area contributed by atoms with Gasteiger partial charge in [0.05, 0.1) is 19.9 Å². The highest BCUT2D eigenvalue weighted by molar-refractivity contribution is 7.18. The molecule has 4 aromatic rings. The number of hydrogen-bond acceptors (Lipinski definition) is 6. The molecule has 5 nitrogen and oxygen atoms in total. The fourth-order valence-electron chi connectivity index (χ4n) is 4.21. The van der Waals surface area contributed by atoms with Crippen molar-refractivity contribution in [1.82, 2.24) is 4.98 Å². The number of pyridine rings is 1. The number of ether oxygens (including phenoxy) is 2. The predicted molar refractivity (Wildman–Crippen MR) is 141 cm³/mol. The Labute approximate surface area is 209 Å². The summed E-state index contributed by atoms with van der Waals surface area (Å²) >= 11 is 1.70. The Morgan fingerprint density at radius 2 is 1.71 bits per heavy atom. The summed E-state index contributed by atoms with van der Waals surface area (Å²) in [4.78, 5) is 30.7. The van der Waals surface area contributed by atoms with E-state index in [0.717, 1.165) is 35.0 Å². The molecular weight excluding hydrogens is 458 g/mol. The first kappa shape index (κ1) is 24.6. The van der Waals surface area contributed by atoms with Gasteiger partial charge in [-0.2, -0.15) is 0 Å². The van der Waals surface area contributed by atoms with Crippen molar-refractivity contribution in [3.8, 4) is 22.8 Å². The second-order valence-electron chi connectivity index (χ2n) is 8.51. The minimum Gasteiger partial charge on any atom is -0.493 e. The molecule has 0 radical (unpaired) electrons. The fraction of sp³-hybridized carbons (Fsp3) is 0.276. The zero-order chi connectivity index (χ0) is 24.9. The maximum absolute atomic E-state index is 13.1. The van der Waals surface area contributed by atoms with Crippen LogP contribution in [0.25, 0.3) is 21.3 Å². The molecular formula is C29H29NO4S.